The summed E-state index contributed by atoms with van der Waals surface area (Å²) in [6, 6.07) is 0. The van der Waals surface area contributed by atoms with E-state index in [0.29, 0.717) is 0 Å². The van der Waals surface area contributed by atoms with Crippen molar-refractivity contribution in [3.05, 3.63) is 11.6 Å². The van der Waals surface area contributed by atoms with Gasteiger partial charge in [0.1, 0.15) is 0 Å². The Balaban J connectivity index is 0.000000261. The molecule has 0 radical (unpaired) electrons. The molecule has 0 saturated heterocycles. The average Bonchev–Trinajstić information content (AvgIpc) is 2.34. The van der Waals surface area contributed by atoms with E-state index < -0.39 is 17.2 Å². The molecule has 0 spiro atoms. The van der Waals surface area contributed by atoms with E-state index in [2.05, 4.69) is 35.6 Å². The molecule has 66 valence electrons. The van der Waals surface area contributed by atoms with Crippen LogP contribution in [0.4, 0.5) is 0 Å². The Hall–Kier alpha value is 0.0283. The van der Waals surface area contributed by atoms with Crippen LogP contribution in [0.3, 0.4) is 0 Å². The molecule has 2 N–H and O–H groups in total. The SMILES string of the molecule is NC(=S)[S-].[O]=[Mo+](=[O])[c]1nccs1. The predicted molar refractivity (Wildman–Crippen MR) is 47.3 cm³/mol. The van der Waals surface area contributed by atoms with E-state index in [0.717, 1.165) is 0 Å². The summed E-state index contributed by atoms with van der Waals surface area (Å²) >= 11 is 6.10. The van der Waals surface area contributed by atoms with E-state index in [9.17, 15) is 6.80 Å². The second-order valence-electron chi connectivity index (χ2n) is 1.35. The van der Waals surface area contributed by atoms with Gasteiger partial charge >= 0.3 is 55.3 Å². The minimum absolute atomic E-state index is 0.0833. The van der Waals surface area contributed by atoms with Crippen LogP contribution in [0.1, 0.15) is 0 Å². The molecule has 0 atom stereocenters. The molecule has 1 aromatic heterocycles. The first-order valence-electron chi connectivity index (χ1n) is 2.49. The Morgan fingerprint density at radius 2 is 2.25 bits per heavy atom. The molecule has 0 aliphatic carbocycles. The van der Waals surface area contributed by atoms with Crippen LogP contribution in [-0.2, 0) is 36.7 Å². The Morgan fingerprint density at radius 3 is 2.42 bits per heavy atom. The monoisotopic (exact) mass is 306 g/mol. The number of hydrogen-bond donors (Lipinski definition) is 1. The van der Waals surface area contributed by atoms with Crippen molar-refractivity contribution in [1.82, 2.24) is 4.98 Å². The predicted octanol–water partition coefficient (Wildman–Crippen LogP) is -0.145. The van der Waals surface area contributed by atoms with Crippen LogP contribution in [0.25, 0.3) is 0 Å². The summed E-state index contributed by atoms with van der Waals surface area (Å²) in [7, 11) is 0. The molecule has 0 unspecified atom stereocenters. The Labute approximate surface area is 89.8 Å². The zero-order chi connectivity index (χ0) is 9.56. The van der Waals surface area contributed by atoms with E-state index in [4.69, 9.17) is 0 Å². The van der Waals surface area contributed by atoms with E-state index >= 15 is 0 Å². The van der Waals surface area contributed by atoms with Crippen molar-refractivity contribution < 1.29 is 24.0 Å². The van der Waals surface area contributed by atoms with Crippen molar-refractivity contribution in [2.75, 3.05) is 0 Å². The van der Waals surface area contributed by atoms with Gasteiger partial charge in [0.15, 0.2) is 0 Å². The van der Waals surface area contributed by atoms with Gasteiger partial charge in [0.25, 0.3) is 0 Å². The zero-order valence-electron chi connectivity index (χ0n) is 5.63. The van der Waals surface area contributed by atoms with E-state index in [1.165, 1.54) is 17.5 Å². The van der Waals surface area contributed by atoms with Gasteiger partial charge in [-0.05, 0) is 0 Å². The van der Waals surface area contributed by atoms with E-state index in [1.807, 2.05) is 0 Å². The van der Waals surface area contributed by atoms with Crippen molar-refractivity contribution >= 4 is 43.9 Å². The first kappa shape index (κ1) is 12.0. The molecule has 0 amide bonds. The topological polar surface area (TPSA) is 73.1 Å². The van der Waals surface area contributed by atoms with Crippen LogP contribution >= 0.6 is 23.6 Å². The number of nitrogens with zero attached hydrogens (tertiary/aromatic N) is 1. The molecule has 8 heteroatoms. The minimum atomic E-state index is -3.33. The summed E-state index contributed by atoms with van der Waals surface area (Å²) < 4.78 is 20.7. The molecule has 1 aromatic rings. The molecule has 12 heavy (non-hydrogen) atoms. The normalized spacial score (nSPS) is 8.00. The molecule has 1 heterocycles. The van der Waals surface area contributed by atoms with Crippen LogP contribution in [0.15, 0.2) is 11.6 Å². The summed E-state index contributed by atoms with van der Waals surface area (Å²) in [4.78, 5) is 3.58. The van der Waals surface area contributed by atoms with Crippen molar-refractivity contribution in [2.45, 2.75) is 0 Å². The molecule has 0 aromatic carbocycles. The molecule has 1 rings (SSSR count). The van der Waals surface area contributed by atoms with E-state index in [1.54, 1.807) is 5.38 Å². The Bertz CT molecular complexity index is 296. The van der Waals surface area contributed by atoms with Gasteiger partial charge in [-0.25, -0.2) is 0 Å². The average molecular weight is 304 g/mol. The fraction of sp³-hybridized carbons (Fsp3) is 0. The van der Waals surface area contributed by atoms with Gasteiger partial charge in [-0.3, -0.25) is 0 Å². The second kappa shape index (κ2) is 6.53. The molecule has 0 bridgehead atoms. The number of nitrogens with two attached hydrogens (primary N) is 1. The second-order valence-corrected chi connectivity index (χ2v) is 6.18. The van der Waals surface area contributed by atoms with Gasteiger partial charge in [0.2, 0.25) is 0 Å². The van der Waals surface area contributed by atoms with Crippen molar-refractivity contribution in [3.63, 3.8) is 0 Å². The number of aromatic nitrogens is 1. The van der Waals surface area contributed by atoms with E-state index in [-0.39, 0.29) is 7.72 Å². The van der Waals surface area contributed by atoms with Crippen LogP contribution in [-0.4, -0.2) is 9.30 Å². The zero-order valence-corrected chi connectivity index (χ0v) is 10.1. The van der Waals surface area contributed by atoms with Gasteiger partial charge in [-0.2, -0.15) is 0 Å². The molecular formula is C4H4MoN2O2S3. The molecular weight excluding hydrogens is 300 g/mol. The first-order valence-corrected chi connectivity index (χ1v) is 6.83. The fourth-order valence-corrected chi connectivity index (χ4v) is 2.08. The van der Waals surface area contributed by atoms with Crippen molar-refractivity contribution in [3.8, 4) is 0 Å². The standard InChI is InChI=1S/C3H2NS.CH3NS2.Mo.2O/c1-2-5-3-4-1;2-1(3)4;;;/h1-2H;(H3,2,3,4);;;/q;;+1;;/p-1. The van der Waals surface area contributed by atoms with Gasteiger partial charge in [0, 0.05) is 0 Å². The van der Waals surface area contributed by atoms with Crippen LogP contribution < -0.4 is 9.13 Å². The first-order chi connectivity index (χ1) is 5.54. The fourth-order valence-electron chi connectivity index (χ4n) is 0.293. The van der Waals surface area contributed by atoms with Gasteiger partial charge in [-0.15, -0.1) is 0 Å². The molecule has 0 fully saturated rings. The summed E-state index contributed by atoms with van der Waals surface area (Å²) in [6.07, 6.45) is 1.49. The van der Waals surface area contributed by atoms with Crippen LogP contribution in [0.2, 0.25) is 0 Å². The third kappa shape index (κ3) is 6.72. The number of hydrogen-bond acceptors (Lipinski definition) is 6. The van der Waals surface area contributed by atoms with Gasteiger partial charge in [0.05, 0.1) is 0 Å². The summed E-state index contributed by atoms with van der Waals surface area (Å²) in [5.74, 6) is 0. The third-order valence-corrected chi connectivity index (χ3v) is 3.59. The number of thiocarbonyl (C=S) groups is 1. The third-order valence-electron chi connectivity index (χ3n) is 0.552. The quantitative estimate of drug-likeness (QED) is 0.442. The summed E-state index contributed by atoms with van der Waals surface area (Å²) in [5, 5.41) is 1.65. The number of thiazole rings is 1. The summed E-state index contributed by atoms with van der Waals surface area (Å²) in [5.41, 5.74) is 4.66. The molecule has 0 aliphatic rings. The van der Waals surface area contributed by atoms with Crippen LogP contribution in [0.5, 0.6) is 0 Å². The maximum atomic E-state index is 10.2. The Morgan fingerprint density at radius 1 is 1.75 bits per heavy atom. The molecule has 4 nitrogen and oxygen atoms in total. The van der Waals surface area contributed by atoms with Gasteiger partial charge in [-0.1, -0.05) is 4.32 Å². The molecule has 0 aliphatic heterocycles. The van der Waals surface area contributed by atoms with Crippen LogP contribution in [0, 0.1) is 0 Å². The van der Waals surface area contributed by atoms with Crippen molar-refractivity contribution in [1.29, 1.82) is 0 Å². The Kier molecular flexibility index (Phi) is 6.55. The van der Waals surface area contributed by atoms with Gasteiger partial charge < -0.3 is 30.6 Å². The molecule has 0 saturated carbocycles. The maximum absolute atomic E-state index is 10.2. The van der Waals surface area contributed by atoms with Crippen molar-refractivity contribution in [2.24, 2.45) is 5.73 Å². The number of rotatable bonds is 1. The summed E-state index contributed by atoms with van der Waals surface area (Å²) in [6.45, 7) is 0.